The zero-order valence-corrected chi connectivity index (χ0v) is 18.7. The van der Waals surface area contributed by atoms with Gasteiger partial charge in [-0.1, -0.05) is 11.6 Å². The van der Waals surface area contributed by atoms with Crippen molar-refractivity contribution in [3.8, 4) is 11.3 Å². The van der Waals surface area contributed by atoms with E-state index in [9.17, 15) is 4.79 Å². The molecule has 5 rings (SSSR count). The topological polar surface area (TPSA) is 122 Å². The van der Waals surface area contributed by atoms with Crippen LogP contribution in [0.15, 0.2) is 35.3 Å². The van der Waals surface area contributed by atoms with Crippen LogP contribution in [0.1, 0.15) is 17.0 Å². The van der Waals surface area contributed by atoms with E-state index in [1.54, 1.807) is 6.20 Å². The maximum atomic E-state index is 12.4. The normalized spacial score (nSPS) is 14.0. The Balaban J connectivity index is 1.46. The van der Waals surface area contributed by atoms with Crippen LogP contribution in [-0.4, -0.2) is 56.2 Å². The van der Waals surface area contributed by atoms with Crippen LogP contribution in [0.4, 0.5) is 17.8 Å². The number of aromatic nitrogens is 6. The highest BCUT2D eigenvalue weighted by molar-refractivity contribution is 5.82. The molecule has 0 bridgehead atoms. The number of fused-ring (bicyclic) bond motifs is 1. The van der Waals surface area contributed by atoms with Gasteiger partial charge in [0.1, 0.15) is 0 Å². The highest BCUT2D eigenvalue weighted by Gasteiger charge is 2.16. The quantitative estimate of drug-likeness (QED) is 0.489. The van der Waals surface area contributed by atoms with Crippen molar-refractivity contribution in [1.82, 2.24) is 29.9 Å². The number of hydrogen-bond acceptors (Lipinski definition) is 9. The van der Waals surface area contributed by atoms with Gasteiger partial charge in [0.05, 0.1) is 35.8 Å². The second-order valence-electron chi connectivity index (χ2n) is 8.03. The molecule has 0 amide bonds. The number of H-pyrrole nitrogens is 1. The molecule has 4 aromatic rings. The molecule has 10 heteroatoms. The molecular weight excluding hydrogens is 420 g/mol. The summed E-state index contributed by atoms with van der Waals surface area (Å²) in [6, 6.07) is 7.44. The Kier molecular flexibility index (Phi) is 5.43. The van der Waals surface area contributed by atoms with Gasteiger partial charge in [-0.25, -0.2) is 24.9 Å². The Bertz CT molecular complexity index is 1400. The third-order valence-electron chi connectivity index (χ3n) is 5.55. The van der Waals surface area contributed by atoms with Gasteiger partial charge < -0.3 is 9.64 Å². The number of benzene rings is 1. The summed E-state index contributed by atoms with van der Waals surface area (Å²) < 4.78 is 5.39. The fraction of sp³-hybridized carbons (Fsp3) is 0.304. The van der Waals surface area contributed by atoms with Crippen molar-refractivity contribution in [3.63, 3.8) is 0 Å². The number of nitrogens with zero attached hydrogens (tertiary/aromatic N) is 6. The van der Waals surface area contributed by atoms with Gasteiger partial charge in [0.25, 0.3) is 5.56 Å². The van der Waals surface area contributed by atoms with Gasteiger partial charge in [0.15, 0.2) is 0 Å². The second-order valence-corrected chi connectivity index (χ2v) is 8.03. The summed E-state index contributed by atoms with van der Waals surface area (Å²) in [7, 11) is 0. The lowest BCUT2D eigenvalue weighted by atomic mass is 10.1. The molecule has 1 aliphatic heterocycles. The Morgan fingerprint density at radius 2 is 1.82 bits per heavy atom. The number of rotatable bonds is 4. The van der Waals surface area contributed by atoms with E-state index in [0.717, 1.165) is 40.9 Å². The fourth-order valence-corrected chi connectivity index (χ4v) is 3.83. The highest BCUT2D eigenvalue weighted by Crippen LogP contribution is 2.23. The molecule has 33 heavy (non-hydrogen) atoms. The Morgan fingerprint density at radius 1 is 1.00 bits per heavy atom. The zero-order chi connectivity index (χ0) is 22.9. The van der Waals surface area contributed by atoms with E-state index < -0.39 is 0 Å². The third-order valence-corrected chi connectivity index (χ3v) is 5.55. The number of nitrogens with one attached hydrogen (secondary N) is 2. The summed E-state index contributed by atoms with van der Waals surface area (Å²) in [5.74, 6) is 1.26. The van der Waals surface area contributed by atoms with Crippen LogP contribution in [-0.2, 0) is 4.74 Å². The Labute approximate surface area is 190 Å². The van der Waals surface area contributed by atoms with Gasteiger partial charge in [0, 0.05) is 36.3 Å². The van der Waals surface area contributed by atoms with Crippen molar-refractivity contribution in [2.45, 2.75) is 20.8 Å². The number of aryl methyl sites for hydroxylation is 3. The highest BCUT2D eigenvalue weighted by atomic mass is 16.5. The van der Waals surface area contributed by atoms with E-state index in [1.807, 2.05) is 32.9 Å². The van der Waals surface area contributed by atoms with E-state index in [-0.39, 0.29) is 11.5 Å². The summed E-state index contributed by atoms with van der Waals surface area (Å²) in [5, 5.41) is 4.02. The molecule has 0 radical (unpaired) electrons. The summed E-state index contributed by atoms with van der Waals surface area (Å²) >= 11 is 0. The van der Waals surface area contributed by atoms with Crippen LogP contribution in [0.5, 0.6) is 0 Å². The van der Waals surface area contributed by atoms with Crippen LogP contribution in [0, 0.1) is 20.8 Å². The second kappa shape index (κ2) is 8.55. The first kappa shape index (κ1) is 21.0. The van der Waals surface area contributed by atoms with Crippen molar-refractivity contribution < 1.29 is 4.74 Å². The van der Waals surface area contributed by atoms with Crippen molar-refractivity contribution in [3.05, 3.63) is 57.8 Å². The van der Waals surface area contributed by atoms with Gasteiger partial charge in [-0.3, -0.25) is 15.1 Å². The first-order valence-electron chi connectivity index (χ1n) is 10.8. The Hall–Kier alpha value is -3.92. The third kappa shape index (κ3) is 4.37. The monoisotopic (exact) mass is 444 g/mol. The number of ether oxygens (including phenoxy) is 1. The molecule has 1 aliphatic rings. The average molecular weight is 444 g/mol. The minimum Gasteiger partial charge on any atom is -0.378 e. The lowest BCUT2D eigenvalue weighted by molar-refractivity contribution is 0.122. The van der Waals surface area contributed by atoms with Crippen molar-refractivity contribution >= 4 is 28.7 Å². The molecular formula is C23H24N8O2. The standard InChI is InChI=1S/C23H24N8O2/c1-13-4-5-18-16(10-13)14(2)25-21(27-18)30-22-28-19(11-20(32)29-22)17-12-24-23(26-15(17)3)31-6-8-33-9-7-31/h4-5,10-12H,6-9H2,1-3H3,(H2,25,27,28,29,30,32). The summed E-state index contributed by atoms with van der Waals surface area (Å²) in [6.07, 6.45) is 1.71. The SMILES string of the molecule is Cc1ccc2nc(Nc3nc(-c4cnc(N5CCOCC5)nc4C)cc(=O)[nH]3)nc(C)c2c1. The van der Waals surface area contributed by atoms with E-state index >= 15 is 0 Å². The molecule has 1 fully saturated rings. The number of aromatic amines is 1. The lowest BCUT2D eigenvalue weighted by Gasteiger charge is -2.27. The van der Waals surface area contributed by atoms with Crippen LogP contribution >= 0.6 is 0 Å². The Morgan fingerprint density at radius 3 is 2.61 bits per heavy atom. The van der Waals surface area contributed by atoms with Crippen LogP contribution in [0.2, 0.25) is 0 Å². The van der Waals surface area contributed by atoms with E-state index in [2.05, 4.69) is 46.2 Å². The molecule has 0 spiro atoms. The van der Waals surface area contributed by atoms with Crippen LogP contribution in [0.25, 0.3) is 22.2 Å². The minimum atomic E-state index is -0.299. The van der Waals surface area contributed by atoms with E-state index in [0.29, 0.717) is 36.4 Å². The first-order valence-corrected chi connectivity index (χ1v) is 10.8. The first-order chi connectivity index (χ1) is 16.0. The van der Waals surface area contributed by atoms with Crippen molar-refractivity contribution in [1.29, 1.82) is 0 Å². The predicted molar refractivity (Wildman–Crippen MR) is 126 cm³/mol. The molecule has 10 nitrogen and oxygen atoms in total. The van der Waals surface area contributed by atoms with Gasteiger partial charge >= 0.3 is 0 Å². The maximum Gasteiger partial charge on any atom is 0.252 e. The van der Waals surface area contributed by atoms with Crippen molar-refractivity contribution in [2.24, 2.45) is 0 Å². The lowest BCUT2D eigenvalue weighted by Crippen LogP contribution is -2.37. The molecule has 0 aliphatic carbocycles. The molecule has 1 aromatic carbocycles. The zero-order valence-electron chi connectivity index (χ0n) is 18.7. The van der Waals surface area contributed by atoms with Gasteiger partial charge in [-0.15, -0.1) is 0 Å². The number of hydrogen-bond donors (Lipinski definition) is 2. The molecule has 2 N–H and O–H groups in total. The molecule has 0 unspecified atom stereocenters. The maximum absolute atomic E-state index is 12.4. The molecule has 4 heterocycles. The van der Waals surface area contributed by atoms with E-state index in [4.69, 9.17) is 4.74 Å². The number of morpholine rings is 1. The van der Waals surface area contributed by atoms with Crippen molar-refractivity contribution in [2.75, 3.05) is 36.5 Å². The number of anilines is 3. The predicted octanol–water partition coefficient (Wildman–Crippen LogP) is 2.68. The van der Waals surface area contributed by atoms with Crippen LogP contribution < -0.4 is 15.8 Å². The summed E-state index contributed by atoms with van der Waals surface area (Å²) in [5.41, 5.74) is 4.40. The summed E-state index contributed by atoms with van der Waals surface area (Å²) in [6.45, 7) is 8.66. The molecule has 0 atom stereocenters. The fourth-order valence-electron chi connectivity index (χ4n) is 3.83. The van der Waals surface area contributed by atoms with Gasteiger partial charge in [-0.05, 0) is 32.9 Å². The molecule has 1 saturated heterocycles. The smallest absolute Gasteiger partial charge is 0.252 e. The molecule has 168 valence electrons. The van der Waals surface area contributed by atoms with Crippen LogP contribution in [0.3, 0.4) is 0 Å². The van der Waals surface area contributed by atoms with E-state index in [1.165, 1.54) is 6.07 Å². The largest absolute Gasteiger partial charge is 0.378 e. The molecule has 3 aromatic heterocycles. The summed E-state index contributed by atoms with van der Waals surface area (Å²) in [4.78, 5) is 39.9. The average Bonchev–Trinajstić information content (AvgIpc) is 2.80. The van der Waals surface area contributed by atoms with Gasteiger partial charge in [-0.2, -0.15) is 0 Å². The van der Waals surface area contributed by atoms with Gasteiger partial charge in [0.2, 0.25) is 17.8 Å². The molecule has 0 saturated carbocycles. The minimum absolute atomic E-state index is 0.250.